The van der Waals surface area contributed by atoms with Crippen LogP contribution in [0.25, 0.3) is 0 Å². The highest BCUT2D eigenvalue weighted by Gasteiger charge is 2.12. The highest BCUT2D eigenvalue weighted by Crippen LogP contribution is 2.40. The van der Waals surface area contributed by atoms with Crippen LogP contribution in [-0.4, -0.2) is 22.3 Å². The summed E-state index contributed by atoms with van der Waals surface area (Å²) in [7, 11) is 0. The Morgan fingerprint density at radius 2 is 1.88 bits per heavy atom. The molecule has 2 aromatic carbocycles. The molecule has 1 amide bonds. The standard InChI is InChI=1S/C17H16Br2N2O3/c1-10-2-4-11(5-3-10)6-7-14(22)21-20-9-12-8-13(18)17(24)15(19)16(12)23/h2-5,8-9,23-24H,6-7H2,1H3,(H,21,22)/b20-9-. The Hall–Kier alpha value is -1.86. The molecule has 5 nitrogen and oxygen atoms in total. The highest BCUT2D eigenvalue weighted by atomic mass is 79.9. The molecule has 7 heteroatoms. The summed E-state index contributed by atoms with van der Waals surface area (Å²) >= 11 is 6.25. The van der Waals surface area contributed by atoms with E-state index in [1.165, 1.54) is 17.8 Å². The first-order chi connectivity index (χ1) is 11.4. The van der Waals surface area contributed by atoms with E-state index >= 15 is 0 Å². The second-order valence-corrected chi connectivity index (χ2v) is 6.88. The van der Waals surface area contributed by atoms with Gasteiger partial charge in [-0.05, 0) is 56.8 Å². The van der Waals surface area contributed by atoms with Crippen molar-refractivity contribution in [2.45, 2.75) is 19.8 Å². The summed E-state index contributed by atoms with van der Waals surface area (Å²) in [6.45, 7) is 2.01. The van der Waals surface area contributed by atoms with Crippen LogP contribution in [0.4, 0.5) is 0 Å². The lowest BCUT2D eigenvalue weighted by molar-refractivity contribution is -0.121. The van der Waals surface area contributed by atoms with Crippen molar-refractivity contribution in [2.24, 2.45) is 5.10 Å². The first-order valence-electron chi connectivity index (χ1n) is 7.16. The quantitative estimate of drug-likeness (QED) is 0.470. The number of hydrazone groups is 1. The number of halogens is 2. The second kappa shape index (κ2) is 8.30. The summed E-state index contributed by atoms with van der Waals surface area (Å²) in [6.07, 6.45) is 2.26. The number of nitrogens with one attached hydrogen (secondary N) is 1. The summed E-state index contributed by atoms with van der Waals surface area (Å²) in [5, 5.41) is 23.4. The Balaban J connectivity index is 1.92. The topological polar surface area (TPSA) is 81.9 Å². The van der Waals surface area contributed by atoms with Crippen molar-refractivity contribution in [3.8, 4) is 11.5 Å². The number of carbonyl (C=O) groups is 1. The summed E-state index contributed by atoms with van der Waals surface area (Å²) in [4.78, 5) is 11.8. The maximum atomic E-state index is 11.8. The van der Waals surface area contributed by atoms with E-state index in [9.17, 15) is 15.0 Å². The molecule has 2 aromatic rings. The van der Waals surface area contributed by atoms with Gasteiger partial charge >= 0.3 is 0 Å². The van der Waals surface area contributed by atoms with E-state index in [1.54, 1.807) is 0 Å². The highest BCUT2D eigenvalue weighted by molar-refractivity contribution is 9.11. The van der Waals surface area contributed by atoms with E-state index in [4.69, 9.17) is 0 Å². The van der Waals surface area contributed by atoms with Gasteiger partial charge < -0.3 is 10.2 Å². The molecule has 3 N–H and O–H groups in total. The van der Waals surface area contributed by atoms with Crippen LogP contribution in [0.5, 0.6) is 11.5 Å². The van der Waals surface area contributed by atoms with Crippen LogP contribution < -0.4 is 5.43 Å². The zero-order valence-electron chi connectivity index (χ0n) is 12.9. The van der Waals surface area contributed by atoms with Gasteiger partial charge in [0.25, 0.3) is 0 Å². The van der Waals surface area contributed by atoms with Crippen molar-refractivity contribution in [3.05, 3.63) is 56.0 Å². The third-order valence-corrected chi connectivity index (χ3v) is 4.71. The lowest BCUT2D eigenvalue weighted by Gasteiger charge is -2.06. The van der Waals surface area contributed by atoms with Crippen LogP contribution in [0, 0.1) is 6.92 Å². The third kappa shape index (κ3) is 4.82. The van der Waals surface area contributed by atoms with Gasteiger partial charge in [0.2, 0.25) is 5.91 Å². The van der Waals surface area contributed by atoms with E-state index in [-0.39, 0.29) is 21.9 Å². The minimum atomic E-state index is -0.219. The summed E-state index contributed by atoms with van der Waals surface area (Å²) < 4.78 is 0.559. The number of aromatic hydroxyl groups is 2. The summed E-state index contributed by atoms with van der Waals surface area (Å²) in [6, 6.07) is 9.51. The van der Waals surface area contributed by atoms with Crippen molar-refractivity contribution in [3.63, 3.8) is 0 Å². The number of amides is 1. The predicted molar refractivity (Wildman–Crippen MR) is 100 cm³/mol. The normalized spacial score (nSPS) is 11.0. The molecule has 0 radical (unpaired) electrons. The van der Waals surface area contributed by atoms with Gasteiger partial charge in [-0.2, -0.15) is 5.10 Å². The van der Waals surface area contributed by atoms with Gasteiger partial charge in [-0.1, -0.05) is 29.8 Å². The molecule has 0 saturated heterocycles. The summed E-state index contributed by atoms with van der Waals surface area (Å²) in [5.41, 5.74) is 5.04. The first-order valence-corrected chi connectivity index (χ1v) is 8.74. The van der Waals surface area contributed by atoms with E-state index in [0.29, 0.717) is 22.9 Å². The van der Waals surface area contributed by atoms with Crippen LogP contribution in [-0.2, 0) is 11.2 Å². The van der Waals surface area contributed by atoms with Crippen molar-refractivity contribution in [1.82, 2.24) is 5.43 Å². The minimum absolute atomic E-state index is 0.105. The molecule has 0 spiro atoms. The van der Waals surface area contributed by atoms with E-state index in [1.807, 2.05) is 31.2 Å². The first kappa shape index (κ1) is 18.5. The number of hydrogen-bond acceptors (Lipinski definition) is 4. The predicted octanol–water partition coefficient (Wildman–Crippen LogP) is 4.01. The molecule has 0 heterocycles. The Kier molecular flexibility index (Phi) is 6.39. The molecule has 2 rings (SSSR count). The number of aryl methyl sites for hydroxylation is 2. The van der Waals surface area contributed by atoms with Crippen molar-refractivity contribution in [2.75, 3.05) is 0 Å². The van der Waals surface area contributed by atoms with Crippen molar-refractivity contribution >= 4 is 44.0 Å². The Bertz CT molecular complexity index is 774. The molecule has 0 bridgehead atoms. The van der Waals surface area contributed by atoms with Crippen LogP contribution >= 0.6 is 31.9 Å². The molecule has 0 saturated carbocycles. The van der Waals surface area contributed by atoms with Gasteiger partial charge in [0.05, 0.1) is 10.7 Å². The van der Waals surface area contributed by atoms with Crippen LogP contribution in [0.2, 0.25) is 0 Å². The van der Waals surface area contributed by atoms with Crippen molar-refractivity contribution in [1.29, 1.82) is 0 Å². The fraction of sp³-hybridized carbons (Fsp3) is 0.176. The summed E-state index contributed by atoms with van der Waals surface area (Å²) in [5.74, 6) is -0.483. The molecular formula is C17H16Br2N2O3. The molecule has 0 aliphatic heterocycles. The molecule has 0 fully saturated rings. The molecule has 0 aromatic heterocycles. The molecular weight excluding hydrogens is 440 g/mol. The van der Waals surface area contributed by atoms with Gasteiger partial charge in [0, 0.05) is 12.0 Å². The van der Waals surface area contributed by atoms with E-state index < -0.39 is 0 Å². The number of benzene rings is 2. The number of carbonyl (C=O) groups excluding carboxylic acids is 1. The lowest BCUT2D eigenvalue weighted by Crippen LogP contribution is -2.17. The van der Waals surface area contributed by atoms with Gasteiger partial charge in [-0.3, -0.25) is 4.79 Å². The molecule has 0 aliphatic rings. The zero-order valence-corrected chi connectivity index (χ0v) is 16.1. The maximum Gasteiger partial charge on any atom is 0.240 e. The number of phenols is 2. The van der Waals surface area contributed by atoms with Crippen LogP contribution in [0.15, 0.2) is 44.4 Å². The molecule has 24 heavy (non-hydrogen) atoms. The average molecular weight is 456 g/mol. The second-order valence-electron chi connectivity index (χ2n) is 5.24. The molecule has 0 unspecified atom stereocenters. The number of rotatable bonds is 5. The van der Waals surface area contributed by atoms with Gasteiger partial charge in [-0.15, -0.1) is 0 Å². The fourth-order valence-corrected chi connectivity index (χ4v) is 3.11. The van der Waals surface area contributed by atoms with Gasteiger partial charge in [0.1, 0.15) is 16.0 Å². The minimum Gasteiger partial charge on any atom is -0.506 e. The monoisotopic (exact) mass is 454 g/mol. The Morgan fingerprint density at radius 1 is 1.21 bits per heavy atom. The smallest absolute Gasteiger partial charge is 0.240 e. The lowest BCUT2D eigenvalue weighted by atomic mass is 10.1. The number of hydrogen-bond donors (Lipinski definition) is 3. The number of phenolic OH excluding ortho intramolecular Hbond substituents is 2. The van der Waals surface area contributed by atoms with Gasteiger partial charge in [0.15, 0.2) is 0 Å². The van der Waals surface area contributed by atoms with Crippen LogP contribution in [0.3, 0.4) is 0 Å². The Morgan fingerprint density at radius 3 is 2.54 bits per heavy atom. The van der Waals surface area contributed by atoms with E-state index in [0.717, 1.165) is 5.56 Å². The maximum absolute atomic E-state index is 11.8. The average Bonchev–Trinajstić information content (AvgIpc) is 2.57. The van der Waals surface area contributed by atoms with E-state index in [2.05, 4.69) is 42.4 Å². The third-order valence-electron chi connectivity index (χ3n) is 3.35. The number of nitrogens with zero attached hydrogens (tertiary/aromatic N) is 1. The molecule has 0 aliphatic carbocycles. The SMILES string of the molecule is Cc1ccc(CCC(=O)N/N=C\c2cc(Br)c(O)c(Br)c2O)cc1. The molecule has 126 valence electrons. The largest absolute Gasteiger partial charge is 0.506 e. The zero-order chi connectivity index (χ0) is 17.7. The Labute approximate surface area is 156 Å². The van der Waals surface area contributed by atoms with Crippen LogP contribution in [0.1, 0.15) is 23.1 Å². The van der Waals surface area contributed by atoms with Crippen molar-refractivity contribution < 1.29 is 15.0 Å². The molecule has 0 atom stereocenters. The fourth-order valence-electron chi connectivity index (χ4n) is 1.96. The van der Waals surface area contributed by atoms with Gasteiger partial charge in [-0.25, -0.2) is 5.43 Å².